The molecule has 0 aliphatic heterocycles. The molecule has 8 heteroatoms. The molecule has 0 unspecified atom stereocenters. The molecule has 2 aromatic heterocycles. The molecule has 0 spiro atoms. The van der Waals surface area contributed by atoms with Crippen molar-refractivity contribution in [2.24, 2.45) is 0 Å². The minimum atomic E-state index is -0.585. The number of anilines is 4. The predicted molar refractivity (Wildman–Crippen MR) is 103 cm³/mol. The Bertz CT molecular complexity index is 954. The van der Waals surface area contributed by atoms with Gasteiger partial charge in [0.25, 0.3) is 0 Å². The summed E-state index contributed by atoms with van der Waals surface area (Å²) < 4.78 is 27.9. The fourth-order valence-corrected chi connectivity index (χ4v) is 2.56. The molecule has 27 heavy (non-hydrogen) atoms. The molecule has 0 bridgehead atoms. The zero-order valence-electron chi connectivity index (χ0n) is 15.2. The Labute approximate surface area is 155 Å². The summed E-state index contributed by atoms with van der Waals surface area (Å²) in [5, 5.41) is 6.18. The summed E-state index contributed by atoms with van der Waals surface area (Å²) in [5.74, 6) is 0.133. The van der Waals surface area contributed by atoms with Gasteiger partial charge in [-0.25, -0.2) is 23.7 Å². The van der Waals surface area contributed by atoms with Gasteiger partial charge in [-0.2, -0.15) is 0 Å². The van der Waals surface area contributed by atoms with E-state index in [0.717, 1.165) is 5.56 Å². The molecule has 3 rings (SSSR count). The van der Waals surface area contributed by atoms with Crippen LogP contribution in [0.2, 0.25) is 0 Å². The lowest BCUT2D eigenvalue weighted by molar-refractivity contribution is 0.624. The third-order valence-electron chi connectivity index (χ3n) is 3.56. The molecule has 0 saturated heterocycles. The van der Waals surface area contributed by atoms with Crippen LogP contribution < -0.4 is 16.4 Å². The smallest absolute Gasteiger partial charge is 0.185 e. The molecular weight excluding hydrogens is 350 g/mol. The zero-order valence-corrected chi connectivity index (χ0v) is 15.2. The van der Waals surface area contributed by atoms with Crippen molar-refractivity contribution >= 4 is 23.1 Å². The van der Waals surface area contributed by atoms with E-state index in [-0.39, 0.29) is 29.2 Å². The van der Waals surface area contributed by atoms with E-state index in [0.29, 0.717) is 17.3 Å². The standard InChI is InChI=1S/C19H20F2N6/c1-10(2)23-16-9-17(24-13-7-11(3)6-12(20)8-13)27-19(26-16)18-14(21)4-5-15(22)25-18/h4-10H,1-3H3,(H2,22,25)(H2,23,24,26,27). The Morgan fingerprint density at radius 2 is 1.70 bits per heavy atom. The summed E-state index contributed by atoms with van der Waals surface area (Å²) in [6, 6.07) is 8.89. The molecule has 1 aromatic carbocycles. The molecule has 0 amide bonds. The lowest BCUT2D eigenvalue weighted by atomic mass is 10.2. The second kappa shape index (κ2) is 7.53. The SMILES string of the molecule is Cc1cc(F)cc(Nc2cc(NC(C)C)nc(-c3nc(N)ccc3F)n2)c1. The molecule has 140 valence electrons. The maximum atomic E-state index is 14.2. The van der Waals surface area contributed by atoms with E-state index in [4.69, 9.17) is 5.73 Å². The highest BCUT2D eigenvalue weighted by Crippen LogP contribution is 2.25. The highest BCUT2D eigenvalue weighted by Gasteiger charge is 2.14. The predicted octanol–water partition coefficient (Wildman–Crippen LogP) is 4.27. The van der Waals surface area contributed by atoms with Crippen LogP contribution in [0.3, 0.4) is 0 Å². The van der Waals surface area contributed by atoms with Gasteiger partial charge in [-0.15, -0.1) is 0 Å². The topological polar surface area (TPSA) is 88.8 Å². The van der Waals surface area contributed by atoms with Crippen molar-refractivity contribution in [1.29, 1.82) is 0 Å². The van der Waals surface area contributed by atoms with Gasteiger partial charge in [-0.1, -0.05) is 0 Å². The van der Waals surface area contributed by atoms with Gasteiger partial charge in [0.15, 0.2) is 11.6 Å². The van der Waals surface area contributed by atoms with Crippen LogP contribution >= 0.6 is 0 Å². The number of halogens is 2. The fourth-order valence-electron chi connectivity index (χ4n) is 2.56. The van der Waals surface area contributed by atoms with Gasteiger partial charge in [0.05, 0.1) is 0 Å². The second-order valence-electron chi connectivity index (χ2n) is 6.47. The van der Waals surface area contributed by atoms with Crippen molar-refractivity contribution in [3.05, 3.63) is 53.6 Å². The van der Waals surface area contributed by atoms with Crippen LogP contribution in [-0.2, 0) is 0 Å². The van der Waals surface area contributed by atoms with E-state index in [2.05, 4.69) is 25.6 Å². The van der Waals surface area contributed by atoms with E-state index in [1.54, 1.807) is 19.1 Å². The highest BCUT2D eigenvalue weighted by molar-refractivity contribution is 5.65. The van der Waals surface area contributed by atoms with Gasteiger partial charge in [-0.05, 0) is 56.7 Å². The van der Waals surface area contributed by atoms with Gasteiger partial charge in [-0.3, -0.25) is 0 Å². The fraction of sp³-hybridized carbons (Fsp3) is 0.211. The van der Waals surface area contributed by atoms with Crippen LogP contribution in [0.4, 0.5) is 31.9 Å². The number of pyridine rings is 1. The quantitative estimate of drug-likeness (QED) is 0.621. The minimum absolute atomic E-state index is 0.0547. The first-order valence-corrected chi connectivity index (χ1v) is 8.42. The molecule has 4 N–H and O–H groups in total. The first-order chi connectivity index (χ1) is 12.8. The monoisotopic (exact) mass is 370 g/mol. The number of benzene rings is 1. The number of aromatic nitrogens is 3. The Balaban J connectivity index is 2.06. The second-order valence-corrected chi connectivity index (χ2v) is 6.47. The van der Waals surface area contributed by atoms with Gasteiger partial charge in [0.1, 0.15) is 29.0 Å². The maximum absolute atomic E-state index is 14.2. The maximum Gasteiger partial charge on any atom is 0.185 e. The third kappa shape index (κ3) is 4.66. The van der Waals surface area contributed by atoms with E-state index >= 15 is 0 Å². The molecule has 0 atom stereocenters. The Morgan fingerprint density at radius 1 is 0.963 bits per heavy atom. The highest BCUT2D eigenvalue weighted by atomic mass is 19.1. The van der Waals surface area contributed by atoms with E-state index in [1.807, 2.05) is 13.8 Å². The largest absolute Gasteiger partial charge is 0.384 e. The van der Waals surface area contributed by atoms with Crippen LogP contribution in [0.25, 0.3) is 11.5 Å². The summed E-state index contributed by atoms with van der Waals surface area (Å²) in [6.45, 7) is 5.69. The van der Waals surface area contributed by atoms with E-state index in [9.17, 15) is 8.78 Å². The third-order valence-corrected chi connectivity index (χ3v) is 3.56. The Kier molecular flexibility index (Phi) is 5.16. The van der Waals surface area contributed by atoms with Gasteiger partial charge in [0.2, 0.25) is 0 Å². The normalized spacial score (nSPS) is 10.9. The number of nitrogens with two attached hydrogens (primary N) is 1. The molecule has 0 saturated carbocycles. The van der Waals surface area contributed by atoms with Crippen LogP contribution in [-0.4, -0.2) is 21.0 Å². The average Bonchev–Trinajstić information content (AvgIpc) is 2.55. The van der Waals surface area contributed by atoms with Crippen molar-refractivity contribution in [3.8, 4) is 11.5 Å². The Morgan fingerprint density at radius 3 is 2.41 bits per heavy atom. The zero-order chi connectivity index (χ0) is 19.6. The average molecular weight is 370 g/mol. The number of nitrogens with zero attached hydrogens (tertiary/aromatic N) is 3. The number of rotatable bonds is 5. The lowest BCUT2D eigenvalue weighted by Gasteiger charge is -2.14. The summed E-state index contributed by atoms with van der Waals surface area (Å²) in [6.07, 6.45) is 0. The molecular formula is C19H20F2N6. The number of hydrogen-bond donors (Lipinski definition) is 3. The Hall–Kier alpha value is -3.29. The van der Waals surface area contributed by atoms with Crippen LogP contribution in [0, 0.1) is 18.6 Å². The van der Waals surface area contributed by atoms with Crippen LogP contribution in [0.5, 0.6) is 0 Å². The van der Waals surface area contributed by atoms with Crippen molar-refractivity contribution in [3.63, 3.8) is 0 Å². The number of nitrogens with one attached hydrogen (secondary N) is 2. The van der Waals surface area contributed by atoms with Crippen molar-refractivity contribution in [1.82, 2.24) is 15.0 Å². The summed E-state index contributed by atoms with van der Waals surface area (Å²) in [5.41, 5.74) is 6.90. The van der Waals surface area contributed by atoms with Gasteiger partial charge >= 0.3 is 0 Å². The van der Waals surface area contributed by atoms with Crippen LogP contribution in [0.1, 0.15) is 19.4 Å². The molecule has 0 fully saturated rings. The van der Waals surface area contributed by atoms with Gasteiger partial charge in [0, 0.05) is 17.8 Å². The van der Waals surface area contributed by atoms with E-state index < -0.39 is 5.82 Å². The molecule has 2 heterocycles. The number of hydrogen-bond acceptors (Lipinski definition) is 6. The van der Waals surface area contributed by atoms with Crippen molar-refractivity contribution in [2.45, 2.75) is 26.8 Å². The first-order valence-electron chi connectivity index (χ1n) is 8.42. The number of aryl methyl sites for hydroxylation is 1. The molecule has 6 nitrogen and oxygen atoms in total. The van der Waals surface area contributed by atoms with E-state index in [1.165, 1.54) is 24.3 Å². The molecule has 0 radical (unpaired) electrons. The summed E-state index contributed by atoms with van der Waals surface area (Å²) in [4.78, 5) is 12.7. The first kappa shape index (κ1) is 18.5. The number of nitrogen functional groups attached to an aromatic ring is 1. The minimum Gasteiger partial charge on any atom is -0.384 e. The van der Waals surface area contributed by atoms with Crippen molar-refractivity contribution in [2.75, 3.05) is 16.4 Å². The van der Waals surface area contributed by atoms with Crippen molar-refractivity contribution < 1.29 is 8.78 Å². The van der Waals surface area contributed by atoms with Crippen LogP contribution in [0.15, 0.2) is 36.4 Å². The summed E-state index contributed by atoms with van der Waals surface area (Å²) in [7, 11) is 0. The van der Waals surface area contributed by atoms with Gasteiger partial charge < -0.3 is 16.4 Å². The molecule has 0 aliphatic rings. The lowest BCUT2D eigenvalue weighted by Crippen LogP contribution is -2.13. The molecule has 0 aliphatic carbocycles. The molecule has 3 aromatic rings. The summed E-state index contributed by atoms with van der Waals surface area (Å²) >= 11 is 0.